The zero-order valence-corrected chi connectivity index (χ0v) is 14.2. The Balaban J connectivity index is 2.86. The first-order valence-corrected chi connectivity index (χ1v) is 8.03. The molecule has 0 aliphatic heterocycles. The maximum atomic E-state index is 13.1. The largest absolute Gasteiger partial charge is 0.604 e. The normalized spacial score (nSPS) is 13.5. The van der Waals surface area contributed by atoms with Gasteiger partial charge in [-0.25, -0.2) is 0 Å². The van der Waals surface area contributed by atoms with E-state index >= 15 is 0 Å². The third-order valence-electron chi connectivity index (χ3n) is 3.06. The Labute approximate surface area is 153 Å². The fourth-order valence-electron chi connectivity index (χ4n) is 2.04. The summed E-state index contributed by atoms with van der Waals surface area (Å²) in [7, 11) is 0. The average Bonchev–Trinajstić information content (AvgIpc) is 2.96. The van der Waals surface area contributed by atoms with E-state index in [0.717, 1.165) is 0 Å². The maximum absolute atomic E-state index is 13.1. The van der Waals surface area contributed by atoms with Crippen molar-refractivity contribution in [3.63, 3.8) is 0 Å². The van der Waals surface area contributed by atoms with Crippen molar-refractivity contribution in [2.45, 2.75) is 16.6 Å². The minimum atomic E-state index is -5.19. The predicted molar refractivity (Wildman–Crippen MR) is 80.6 cm³/mol. The minimum Gasteiger partial charge on any atom is -0.604 e. The molecule has 0 saturated heterocycles. The van der Waals surface area contributed by atoms with Crippen molar-refractivity contribution in [2.75, 3.05) is 5.73 Å². The van der Waals surface area contributed by atoms with Crippen LogP contribution in [0.3, 0.4) is 0 Å². The van der Waals surface area contributed by atoms with Gasteiger partial charge >= 0.3 is 11.7 Å². The van der Waals surface area contributed by atoms with Gasteiger partial charge in [-0.1, -0.05) is 23.2 Å². The molecule has 1 unspecified atom stereocenters. The highest BCUT2D eigenvalue weighted by molar-refractivity contribution is 7.92. The van der Waals surface area contributed by atoms with Gasteiger partial charge in [0.2, 0.25) is 4.90 Å². The van der Waals surface area contributed by atoms with Gasteiger partial charge in [0, 0.05) is 5.56 Å². The van der Waals surface area contributed by atoms with Gasteiger partial charge in [-0.05, 0) is 0 Å². The van der Waals surface area contributed by atoms with Gasteiger partial charge in [0.1, 0.15) is 17.2 Å². The smallest absolute Gasteiger partial charge is 0.578 e. The first kappa shape index (κ1) is 20.5. The van der Waals surface area contributed by atoms with Crippen LogP contribution in [0.4, 0.5) is 32.0 Å². The van der Waals surface area contributed by atoms with Crippen LogP contribution in [-0.2, 0) is 17.4 Å². The summed E-state index contributed by atoms with van der Waals surface area (Å²) in [6, 6.07) is 1.19. The lowest BCUT2D eigenvalue weighted by molar-refractivity contribution is -0.137. The van der Waals surface area contributed by atoms with Crippen LogP contribution < -0.4 is 5.73 Å². The number of nitriles is 1. The number of rotatable bonds is 2. The third-order valence-corrected chi connectivity index (χ3v) is 4.96. The molecule has 1 heterocycles. The number of nitrogens with one attached hydrogen (secondary N) is 1. The predicted octanol–water partition coefficient (Wildman–Crippen LogP) is 4.48. The van der Waals surface area contributed by atoms with Crippen LogP contribution in [0.15, 0.2) is 11.1 Å². The average molecular weight is 437 g/mol. The van der Waals surface area contributed by atoms with Gasteiger partial charge in [0.25, 0.3) is 0 Å². The van der Waals surface area contributed by atoms with Crippen molar-refractivity contribution in [1.29, 1.82) is 5.26 Å². The van der Waals surface area contributed by atoms with Crippen molar-refractivity contribution in [3.05, 3.63) is 27.4 Å². The molecule has 0 aliphatic carbocycles. The van der Waals surface area contributed by atoms with Crippen LogP contribution in [0.5, 0.6) is 0 Å². The molecular weight excluding hydrogens is 433 g/mol. The van der Waals surface area contributed by atoms with Gasteiger partial charge in [0.05, 0.1) is 33.1 Å². The molecule has 140 valence electrons. The van der Waals surface area contributed by atoms with E-state index in [1.807, 2.05) is 5.10 Å². The Kier molecular flexibility index (Phi) is 5.31. The second-order valence-corrected chi connectivity index (χ2v) is 6.78. The number of anilines is 1. The number of nitrogens with two attached hydrogens (primary N) is 1. The van der Waals surface area contributed by atoms with E-state index in [0.29, 0.717) is 6.20 Å². The second kappa shape index (κ2) is 6.73. The molecule has 0 radical (unpaired) electrons. The van der Waals surface area contributed by atoms with E-state index < -0.39 is 65.9 Å². The number of alkyl halides is 6. The molecule has 3 N–H and O–H groups in total. The molecular formula is C12H4Cl2F6N4OS. The molecule has 1 aromatic heterocycles. The fraction of sp³-hybridized carbons (Fsp3) is 0.167. The van der Waals surface area contributed by atoms with E-state index in [2.05, 4.69) is 5.10 Å². The molecule has 26 heavy (non-hydrogen) atoms. The summed E-state index contributed by atoms with van der Waals surface area (Å²) >= 11 is 7.96. The molecule has 0 fully saturated rings. The first-order valence-electron chi connectivity index (χ1n) is 6.12. The van der Waals surface area contributed by atoms with Crippen LogP contribution >= 0.6 is 23.2 Å². The summed E-state index contributed by atoms with van der Waals surface area (Å²) in [6.07, 6.45) is -4.49. The minimum absolute atomic E-state index is 0.617. The van der Waals surface area contributed by atoms with Gasteiger partial charge in [-0.2, -0.15) is 23.5 Å². The zero-order valence-electron chi connectivity index (χ0n) is 11.9. The fourth-order valence-corrected chi connectivity index (χ4v) is 3.42. The molecule has 0 saturated carbocycles. The lowest BCUT2D eigenvalue weighted by Crippen LogP contribution is -2.23. The summed E-state index contributed by atoms with van der Waals surface area (Å²) < 4.78 is 89.1. The molecule has 2 aromatic rings. The molecule has 2 rings (SSSR count). The van der Waals surface area contributed by atoms with Crippen molar-refractivity contribution in [1.82, 2.24) is 10.2 Å². The SMILES string of the molecule is N#Cc1c(Cl)c(-c2n[nH]cc2[S+]([O-])C(F)(F)F)c(Cl)c(N)c1C(F)(F)F. The quantitative estimate of drug-likeness (QED) is 0.411. The maximum Gasteiger partial charge on any atom is 0.578 e. The summed E-state index contributed by atoms with van der Waals surface area (Å²) in [5.41, 5.74) is -5.18. The van der Waals surface area contributed by atoms with E-state index in [1.54, 1.807) is 0 Å². The van der Waals surface area contributed by atoms with Crippen LogP contribution in [-0.4, -0.2) is 20.3 Å². The summed E-state index contributed by atoms with van der Waals surface area (Å²) in [4.78, 5) is -0.940. The van der Waals surface area contributed by atoms with Crippen molar-refractivity contribution < 1.29 is 30.9 Å². The number of nitrogen functional groups attached to an aromatic ring is 1. The van der Waals surface area contributed by atoms with Crippen LogP contribution in [0.2, 0.25) is 10.0 Å². The zero-order chi connectivity index (χ0) is 20.0. The Hall–Kier alpha value is -1.81. The number of hydrogen-bond acceptors (Lipinski definition) is 4. The van der Waals surface area contributed by atoms with E-state index in [1.165, 1.54) is 6.07 Å². The van der Waals surface area contributed by atoms with Crippen LogP contribution in [0.1, 0.15) is 11.1 Å². The molecule has 14 heteroatoms. The Bertz CT molecular complexity index is 905. The number of halogens is 8. The topological polar surface area (TPSA) is 102 Å². The van der Waals surface area contributed by atoms with E-state index in [4.69, 9.17) is 34.2 Å². The highest BCUT2D eigenvalue weighted by Gasteiger charge is 2.49. The van der Waals surface area contributed by atoms with Gasteiger partial charge in [-0.15, -0.1) is 13.2 Å². The number of hydrogen-bond donors (Lipinski definition) is 2. The highest BCUT2D eigenvalue weighted by atomic mass is 35.5. The number of H-pyrrole nitrogens is 1. The van der Waals surface area contributed by atoms with E-state index in [-0.39, 0.29) is 0 Å². The standard InChI is InChI=1S/C12H4Cl2F6N4OS/c13-7-3(1-21)6(11(15,16)17)9(22)8(14)5(7)10-4(2-23-24-10)26(25)12(18,19)20/h2H,22H2,(H,23,24). The Morgan fingerprint density at radius 3 is 2.23 bits per heavy atom. The molecule has 0 spiro atoms. The molecule has 1 aromatic carbocycles. The van der Waals surface area contributed by atoms with Crippen LogP contribution in [0, 0.1) is 11.3 Å². The monoisotopic (exact) mass is 436 g/mol. The van der Waals surface area contributed by atoms with Crippen molar-refractivity contribution in [3.8, 4) is 17.3 Å². The number of aromatic amines is 1. The number of nitrogens with zero attached hydrogens (tertiary/aromatic N) is 2. The van der Waals surface area contributed by atoms with Gasteiger partial charge < -0.3 is 10.3 Å². The van der Waals surface area contributed by atoms with Crippen LogP contribution in [0.25, 0.3) is 11.3 Å². The summed E-state index contributed by atoms with van der Waals surface area (Å²) in [5.74, 6) is 0. The molecule has 1 atom stereocenters. The van der Waals surface area contributed by atoms with Crippen molar-refractivity contribution in [2.24, 2.45) is 0 Å². The molecule has 5 nitrogen and oxygen atoms in total. The lowest BCUT2D eigenvalue weighted by atomic mass is 9.99. The van der Waals surface area contributed by atoms with Gasteiger partial charge in [-0.3, -0.25) is 5.10 Å². The lowest BCUT2D eigenvalue weighted by Gasteiger charge is -2.18. The first-order chi connectivity index (χ1) is 11.8. The summed E-state index contributed by atoms with van der Waals surface area (Å²) in [6.45, 7) is 0. The van der Waals surface area contributed by atoms with Gasteiger partial charge in [0.15, 0.2) is 5.69 Å². The molecule has 0 bridgehead atoms. The summed E-state index contributed by atoms with van der Waals surface area (Å²) in [5, 5.41) is 12.6. The number of aromatic nitrogens is 2. The van der Waals surface area contributed by atoms with E-state index in [9.17, 15) is 30.9 Å². The highest BCUT2D eigenvalue weighted by Crippen LogP contribution is 2.49. The molecule has 0 aliphatic rings. The third kappa shape index (κ3) is 3.39. The van der Waals surface area contributed by atoms with Crippen molar-refractivity contribution >= 4 is 40.1 Å². The Morgan fingerprint density at radius 2 is 1.77 bits per heavy atom. The Morgan fingerprint density at radius 1 is 1.19 bits per heavy atom. The molecule has 0 amide bonds. The second-order valence-electron chi connectivity index (χ2n) is 4.59. The number of benzene rings is 1.